The van der Waals surface area contributed by atoms with Crippen LogP contribution < -0.4 is 20.2 Å². The van der Waals surface area contributed by atoms with Gasteiger partial charge < -0.3 is 14.8 Å². The van der Waals surface area contributed by atoms with E-state index in [1.54, 1.807) is 25.2 Å². The number of aromatic nitrogens is 2. The SMILES string of the molecule is COc1ccc(CCNC(=O)Nn2cnc3ccccc32)cc1OC. The Bertz CT molecular complexity index is 876. The van der Waals surface area contributed by atoms with E-state index in [1.807, 2.05) is 42.5 Å². The summed E-state index contributed by atoms with van der Waals surface area (Å²) in [4.78, 5) is 16.3. The van der Waals surface area contributed by atoms with Gasteiger partial charge in [0.25, 0.3) is 0 Å². The Morgan fingerprint density at radius 1 is 1.12 bits per heavy atom. The topological polar surface area (TPSA) is 77.4 Å². The highest BCUT2D eigenvalue weighted by Crippen LogP contribution is 2.27. The maximum atomic E-state index is 12.1. The zero-order valence-electron chi connectivity index (χ0n) is 14.2. The summed E-state index contributed by atoms with van der Waals surface area (Å²) in [7, 11) is 3.20. The van der Waals surface area contributed by atoms with Crippen LogP contribution in [0.4, 0.5) is 4.79 Å². The Hall–Kier alpha value is -3.22. The number of imidazole rings is 1. The molecule has 0 aliphatic rings. The number of carbonyl (C=O) groups excluding carboxylic acids is 1. The van der Waals surface area contributed by atoms with E-state index in [0.29, 0.717) is 24.5 Å². The molecule has 0 aliphatic heterocycles. The Morgan fingerprint density at radius 3 is 2.72 bits per heavy atom. The molecule has 2 aromatic carbocycles. The molecule has 0 saturated heterocycles. The van der Waals surface area contributed by atoms with Crippen LogP contribution in [0, 0.1) is 0 Å². The van der Waals surface area contributed by atoms with Gasteiger partial charge in [-0.05, 0) is 36.2 Å². The van der Waals surface area contributed by atoms with Gasteiger partial charge in [-0.3, -0.25) is 0 Å². The number of nitrogens with zero attached hydrogens (tertiary/aromatic N) is 2. The molecule has 2 amide bonds. The van der Waals surface area contributed by atoms with Crippen LogP contribution in [-0.4, -0.2) is 36.5 Å². The summed E-state index contributed by atoms with van der Waals surface area (Å²) >= 11 is 0. The van der Waals surface area contributed by atoms with E-state index < -0.39 is 0 Å². The lowest BCUT2D eigenvalue weighted by atomic mass is 10.1. The highest BCUT2D eigenvalue weighted by atomic mass is 16.5. The molecule has 3 aromatic rings. The molecule has 0 atom stereocenters. The highest BCUT2D eigenvalue weighted by Gasteiger charge is 2.07. The van der Waals surface area contributed by atoms with Gasteiger partial charge in [0.1, 0.15) is 6.33 Å². The third-order valence-corrected chi connectivity index (χ3v) is 3.82. The minimum Gasteiger partial charge on any atom is -0.493 e. The van der Waals surface area contributed by atoms with Gasteiger partial charge in [0, 0.05) is 6.54 Å². The predicted octanol–water partition coefficient (Wildman–Crippen LogP) is 2.55. The van der Waals surface area contributed by atoms with Crippen LogP contribution in [-0.2, 0) is 6.42 Å². The molecule has 1 aromatic heterocycles. The van der Waals surface area contributed by atoms with Crippen LogP contribution in [0.2, 0.25) is 0 Å². The normalized spacial score (nSPS) is 10.5. The lowest BCUT2D eigenvalue weighted by Gasteiger charge is -2.11. The predicted molar refractivity (Wildman–Crippen MR) is 95.7 cm³/mol. The number of rotatable bonds is 6. The average Bonchev–Trinajstić information content (AvgIpc) is 3.04. The number of para-hydroxylation sites is 2. The van der Waals surface area contributed by atoms with E-state index in [4.69, 9.17) is 9.47 Å². The maximum absolute atomic E-state index is 12.1. The third-order valence-electron chi connectivity index (χ3n) is 3.82. The van der Waals surface area contributed by atoms with E-state index in [9.17, 15) is 4.79 Å². The van der Waals surface area contributed by atoms with E-state index in [0.717, 1.165) is 16.6 Å². The fraction of sp³-hybridized carbons (Fsp3) is 0.222. The molecular formula is C18H20N4O3. The Kier molecular flexibility index (Phi) is 5.03. The van der Waals surface area contributed by atoms with E-state index in [2.05, 4.69) is 15.7 Å². The minimum atomic E-state index is -0.288. The molecule has 7 nitrogen and oxygen atoms in total. The van der Waals surface area contributed by atoms with Gasteiger partial charge in [-0.25, -0.2) is 19.9 Å². The first kappa shape index (κ1) is 16.6. The second kappa shape index (κ2) is 7.57. The summed E-state index contributed by atoms with van der Waals surface area (Å²) in [6.45, 7) is 0.494. The lowest BCUT2D eigenvalue weighted by molar-refractivity contribution is 0.249. The summed E-state index contributed by atoms with van der Waals surface area (Å²) in [6, 6.07) is 13.0. The minimum absolute atomic E-state index is 0.288. The van der Waals surface area contributed by atoms with Crippen LogP contribution in [0.5, 0.6) is 11.5 Å². The molecule has 3 rings (SSSR count). The van der Waals surface area contributed by atoms with E-state index >= 15 is 0 Å². The first-order chi connectivity index (χ1) is 12.2. The quantitative estimate of drug-likeness (QED) is 0.723. The van der Waals surface area contributed by atoms with Gasteiger partial charge in [0.05, 0.1) is 25.3 Å². The van der Waals surface area contributed by atoms with Crippen molar-refractivity contribution >= 4 is 17.1 Å². The molecule has 0 saturated carbocycles. The number of hydrogen-bond donors (Lipinski definition) is 2. The fourth-order valence-electron chi connectivity index (χ4n) is 2.55. The summed E-state index contributed by atoms with van der Waals surface area (Å²) < 4.78 is 12.1. The second-order valence-electron chi connectivity index (χ2n) is 5.41. The van der Waals surface area contributed by atoms with Crippen molar-refractivity contribution in [2.24, 2.45) is 0 Å². The number of urea groups is 1. The Morgan fingerprint density at radius 2 is 1.92 bits per heavy atom. The fourth-order valence-corrected chi connectivity index (χ4v) is 2.55. The van der Waals surface area contributed by atoms with Gasteiger partial charge >= 0.3 is 6.03 Å². The summed E-state index contributed by atoms with van der Waals surface area (Å²) in [5.74, 6) is 1.36. The number of hydrogen-bond acceptors (Lipinski definition) is 4. The number of ether oxygens (including phenoxy) is 2. The van der Waals surface area contributed by atoms with Crippen molar-refractivity contribution in [2.75, 3.05) is 26.2 Å². The van der Waals surface area contributed by atoms with Crippen molar-refractivity contribution in [1.82, 2.24) is 15.0 Å². The molecule has 130 valence electrons. The Labute approximate surface area is 145 Å². The summed E-state index contributed by atoms with van der Waals surface area (Å²) in [6.07, 6.45) is 2.26. The zero-order chi connectivity index (χ0) is 17.6. The van der Waals surface area contributed by atoms with Crippen LogP contribution in [0.15, 0.2) is 48.8 Å². The standard InChI is InChI=1S/C18H20N4O3/c1-24-16-8-7-13(11-17(16)25-2)9-10-19-18(23)21-22-12-20-14-5-3-4-6-15(14)22/h3-8,11-12H,9-10H2,1-2H3,(H2,19,21,23). The average molecular weight is 340 g/mol. The lowest BCUT2D eigenvalue weighted by Crippen LogP contribution is -2.35. The second-order valence-corrected chi connectivity index (χ2v) is 5.41. The zero-order valence-corrected chi connectivity index (χ0v) is 14.2. The van der Waals surface area contributed by atoms with Crippen molar-refractivity contribution in [3.63, 3.8) is 0 Å². The summed E-state index contributed by atoms with van der Waals surface area (Å²) in [5, 5.41) is 2.83. The first-order valence-corrected chi connectivity index (χ1v) is 7.89. The van der Waals surface area contributed by atoms with E-state index in [1.165, 1.54) is 0 Å². The van der Waals surface area contributed by atoms with Crippen LogP contribution in [0.1, 0.15) is 5.56 Å². The van der Waals surface area contributed by atoms with Gasteiger partial charge in [0.2, 0.25) is 0 Å². The first-order valence-electron chi connectivity index (χ1n) is 7.89. The number of amides is 2. The third kappa shape index (κ3) is 3.82. The number of methoxy groups -OCH3 is 2. The largest absolute Gasteiger partial charge is 0.493 e. The van der Waals surface area contributed by atoms with Crippen molar-refractivity contribution in [3.05, 3.63) is 54.4 Å². The number of nitrogens with one attached hydrogen (secondary N) is 2. The van der Waals surface area contributed by atoms with Crippen molar-refractivity contribution in [3.8, 4) is 11.5 Å². The van der Waals surface area contributed by atoms with Crippen molar-refractivity contribution in [2.45, 2.75) is 6.42 Å². The van der Waals surface area contributed by atoms with Gasteiger partial charge in [0.15, 0.2) is 11.5 Å². The maximum Gasteiger partial charge on any atom is 0.333 e. The molecule has 1 heterocycles. The van der Waals surface area contributed by atoms with Gasteiger partial charge in [-0.1, -0.05) is 18.2 Å². The van der Waals surface area contributed by atoms with Crippen LogP contribution in [0.25, 0.3) is 11.0 Å². The molecule has 0 spiro atoms. The Balaban J connectivity index is 1.54. The number of benzene rings is 2. The van der Waals surface area contributed by atoms with Crippen molar-refractivity contribution < 1.29 is 14.3 Å². The molecule has 2 N–H and O–H groups in total. The molecule has 0 aliphatic carbocycles. The monoisotopic (exact) mass is 340 g/mol. The number of fused-ring (bicyclic) bond motifs is 1. The summed E-state index contributed by atoms with van der Waals surface area (Å²) in [5.41, 5.74) is 5.47. The highest BCUT2D eigenvalue weighted by molar-refractivity contribution is 5.85. The molecule has 0 radical (unpaired) electrons. The van der Waals surface area contributed by atoms with Crippen molar-refractivity contribution in [1.29, 1.82) is 0 Å². The molecular weight excluding hydrogens is 320 g/mol. The van der Waals surface area contributed by atoms with E-state index in [-0.39, 0.29) is 6.03 Å². The number of carbonyl (C=O) groups is 1. The molecule has 7 heteroatoms. The molecule has 0 bridgehead atoms. The van der Waals surface area contributed by atoms with Gasteiger partial charge in [-0.15, -0.1) is 0 Å². The van der Waals surface area contributed by atoms with Gasteiger partial charge in [-0.2, -0.15) is 0 Å². The molecule has 0 fully saturated rings. The molecule has 25 heavy (non-hydrogen) atoms. The smallest absolute Gasteiger partial charge is 0.333 e. The van der Waals surface area contributed by atoms with Crippen LogP contribution >= 0.6 is 0 Å². The van der Waals surface area contributed by atoms with Crippen LogP contribution in [0.3, 0.4) is 0 Å². The molecule has 0 unspecified atom stereocenters.